The van der Waals surface area contributed by atoms with Crippen LogP contribution >= 0.6 is 38.5 Å². The molecule has 0 aromatic heterocycles. The van der Waals surface area contributed by atoms with Gasteiger partial charge in [-0.05, 0) is 0 Å². The number of alkyl halides is 2. The van der Waals surface area contributed by atoms with Crippen molar-refractivity contribution < 1.29 is 9.59 Å². The number of carbonyl (C=O) groups excluding carboxylic acids is 2. The van der Waals surface area contributed by atoms with Crippen molar-refractivity contribution in [3.05, 3.63) is 0 Å². The van der Waals surface area contributed by atoms with Gasteiger partial charge < -0.3 is 0 Å². The van der Waals surface area contributed by atoms with Crippen LogP contribution in [0.5, 0.6) is 0 Å². The van der Waals surface area contributed by atoms with Crippen LogP contribution in [0.15, 0.2) is 0 Å². The summed E-state index contributed by atoms with van der Waals surface area (Å²) >= 11 is 4.99. The third kappa shape index (κ3) is 1.43. The minimum absolute atomic E-state index is 0.216. The second kappa shape index (κ2) is 2.19. The van der Waals surface area contributed by atoms with E-state index in [1.54, 1.807) is 0 Å². The first-order chi connectivity index (χ1) is 4.02. The molecular weight excluding hydrogens is 301 g/mol. The van der Waals surface area contributed by atoms with Gasteiger partial charge in [0.15, 0.2) is 2.33 Å². The van der Waals surface area contributed by atoms with Crippen molar-refractivity contribution in [1.82, 2.24) is 5.32 Å². The van der Waals surface area contributed by atoms with Gasteiger partial charge in [0.05, 0.1) is 6.42 Å². The Morgan fingerprint density at radius 2 is 2.22 bits per heavy atom. The number of nitrogens with one attached hydrogen (secondary N) is 1. The van der Waals surface area contributed by atoms with Gasteiger partial charge in [0.25, 0.3) is 5.91 Å². The van der Waals surface area contributed by atoms with Gasteiger partial charge in [-0.25, -0.2) is 0 Å². The van der Waals surface area contributed by atoms with Crippen molar-refractivity contribution in [2.75, 3.05) is 0 Å². The van der Waals surface area contributed by atoms with E-state index >= 15 is 0 Å². The summed E-state index contributed by atoms with van der Waals surface area (Å²) < 4.78 is -0.693. The average Bonchev–Trinajstić information content (AvgIpc) is 1.79. The molecule has 1 aliphatic heterocycles. The molecule has 1 unspecified atom stereocenters. The van der Waals surface area contributed by atoms with Gasteiger partial charge >= 0.3 is 0 Å². The lowest BCUT2D eigenvalue weighted by Crippen LogP contribution is -2.26. The molecule has 0 aliphatic carbocycles. The molecule has 0 bridgehead atoms. The quantitative estimate of drug-likeness (QED) is 0.404. The van der Waals surface area contributed by atoms with Gasteiger partial charge in [0.2, 0.25) is 5.91 Å². The zero-order chi connectivity index (χ0) is 7.07. The predicted molar refractivity (Wildman–Crippen MR) is 43.4 cm³/mol. The molecule has 5 heteroatoms. The van der Waals surface area contributed by atoms with Crippen molar-refractivity contribution in [3.8, 4) is 0 Å². The van der Waals surface area contributed by atoms with Gasteiger partial charge in [-0.3, -0.25) is 14.9 Å². The Kier molecular flexibility index (Phi) is 1.81. The molecule has 0 saturated carbocycles. The van der Waals surface area contributed by atoms with Crippen LogP contribution in [0.1, 0.15) is 6.42 Å². The Morgan fingerprint density at radius 3 is 2.33 bits per heavy atom. The van der Waals surface area contributed by atoms with E-state index in [0.29, 0.717) is 0 Å². The van der Waals surface area contributed by atoms with Gasteiger partial charge in [0.1, 0.15) is 0 Å². The zero-order valence-electron chi connectivity index (χ0n) is 4.28. The lowest BCUT2D eigenvalue weighted by molar-refractivity contribution is -0.124. The van der Waals surface area contributed by atoms with Gasteiger partial charge in [-0.2, -0.15) is 0 Å². The van der Waals surface area contributed by atoms with Crippen molar-refractivity contribution in [3.63, 3.8) is 0 Å². The van der Waals surface area contributed by atoms with Gasteiger partial charge in [-0.1, -0.05) is 38.5 Å². The highest BCUT2D eigenvalue weighted by Crippen LogP contribution is 2.34. The third-order valence-corrected chi connectivity index (χ3v) is 2.48. The lowest BCUT2D eigenvalue weighted by atomic mass is 10.4. The summed E-state index contributed by atoms with van der Waals surface area (Å²) in [5.41, 5.74) is 0. The summed E-state index contributed by atoms with van der Waals surface area (Å²) in [5, 5.41) is 2.17. The van der Waals surface area contributed by atoms with E-state index < -0.39 is 2.33 Å². The Balaban J connectivity index is 2.81. The molecule has 1 fully saturated rings. The van der Waals surface area contributed by atoms with Crippen LogP contribution in [-0.4, -0.2) is 14.1 Å². The number of carbonyl (C=O) groups is 2. The summed E-state index contributed by atoms with van der Waals surface area (Å²) in [6.45, 7) is 0. The molecule has 1 N–H and O–H groups in total. The van der Waals surface area contributed by atoms with E-state index in [1.807, 2.05) is 22.6 Å². The van der Waals surface area contributed by atoms with Crippen LogP contribution in [0.4, 0.5) is 0 Å². The fourth-order valence-corrected chi connectivity index (χ4v) is 1.38. The monoisotopic (exact) mass is 303 g/mol. The van der Waals surface area contributed by atoms with E-state index in [0.717, 1.165) is 0 Å². The first kappa shape index (κ1) is 7.46. The normalized spacial score (nSPS) is 34.9. The maximum Gasteiger partial charge on any atom is 0.253 e. The van der Waals surface area contributed by atoms with Crippen LogP contribution in [-0.2, 0) is 9.59 Å². The van der Waals surface area contributed by atoms with Crippen molar-refractivity contribution in [1.29, 1.82) is 0 Å². The number of hydrogen-bond acceptors (Lipinski definition) is 2. The fourth-order valence-electron chi connectivity index (χ4n) is 0.544. The summed E-state index contributed by atoms with van der Waals surface area (Å²) in [4.78, 5) is 21.2. The molecule has 9 heavy (non-hydrogen) atoms. The molecule has 3 nitrogen and oxygen atoms in total. The maximum atomic E-state index is 10.7. The SMILES string of the molecule is O=C1CC(Br)(I)C(=O)N1. The van der Waals surface area contributed by atoms with E-state index in [2.05, 4.69) is 21.2 Å². The number of halogens is 2. The third-order valence-electron chi connectivity index (χ3n) is 0.968. The van der Waals surface area contributed by atoms with Crippen LogP contribution in [0.2, 0.25) is 0 Å². The number of amides is 2. The molecule has 1 heterocycles. The second-order valence-electron chi connectivity index (χ2n) is 1.76. The number of imide groups is 1. The van der Waals surface area contributed by atoms with Crippen LogP contribution < -0.4 is 5.32 Å². The number of rotatable bonds is 0. The molecule has 1 aliphatic rings. The second-order valence-corrected chi connectivity index (χ2v) is 6.44. The van der Waals surface area contributed by atoms with Crippen LogP contribution in [0.3, 0.4) is 0 Å². The molecule has 1 atom stereocenters. The first-order valence-corrected chi connectivity index (χ1v) is 4.12. The summed E-state index contributed by atoms with van der Waals surface area (Å²) in [7, 11) is 0. The van der Waals surface area contributed by atoms with Gasteiger partial charge in [-0.15, -0.1) is 0 Å². The predicted octanol–water partition coefficient (Wildman–Crippen LogP) is 0.559. The topological polar surface area (TPSA) is 46.2 Å². The molecule has 2 amide bonds. The Morgan fingerprint density at radius 1 is 1.67 bits per heavy atom. The standard InChI is InChI=1S/C4H3BrINO2/c5-4(6)1-2(8)7-3(4)9/h1H2,(H,7,8,9). The van der Waals surface area contributed by atoms with E-state index in [-0.39, 0.29) is 18.2 Å². The molecular formula is C4H3BrINO2. The molecule has 0 spiro atoms. The smallest absolute Gasteiger partial charge is 0.253 e. The summed E-state index contributed by atoms with van der Waals surface area (Å²) in [6.07, 6.45) is 0.229. The van der Waals surface area contributed by atoms with E-state index in [9.17, 15) is 9.59 Å². The van der Waals surface area contributed by atoms with E-state index in [1.165, 1.54) is 0 Å². The summed E-state index contributed by atoms with van der Waals surface area (Å²) in [5.74, 6) is -0.473. The molecule has 1 rings (SSSR count). The Hall–Kier alpha value is 0.350. The molecule has 50 valence electrons. The molecule has 0 aromatic rings. The van der Waals surface area contributed by atoms with Crippen molar-refractivity contribution in [2.45, 2.75) is 8.75 Å². The van der Waals surface area contributed by atoms with Crippen LogP contribution in [0, 0.1) is 0 Å². The number of hydrogen-bond donors (Lipinski definition) is 1. The fraction of sp³-hybridized carbons (Fsp3) is 0.500. The minimum Gasteiger partial charge on any atom is -0.294 e. The maximum absolute atomic E-state index is 10.7. The highest BCUT2D eigenvalue weighted by molar-refractivity contribution is 14.1. The van der Waals surface area contributed by atoms with Gasteiger partial charge in [0, 0.05) is 0 Å². The molecule has 1 saturated heterocycles. The zero-order valence-corrected chi connectivity index (χ0v) is 8.02. The highest BCUT2D eigenvalue weighted by atomic mass is 127. The van der Waals surface area contributed by atoms with E-state index in [4.69, 9.17) is 0 Å². The average molecular weight is 304 g/mol. The lowest BCUT2D eigenvalue weighted by Gasteiger charge is -2.03. The van der Waals surface area contributed by atoms with Crippen molar-refractivity contribution in [2.24, 2.45) is 0 Å². The highest BCUT2D eigenvalue weighted by Gasteiger charge is 2.41. The molecule has 0 radical (unpaired) electrons. The minimum atomic E-state index is -0.693. The Labute approximate surface area is 73.8 Å². The Bertz CT molecular complexity index is 179. The van der Waals surface area contributed by atoms with Crippen molar-refractivity contribution >= 4 is 50.3 Å². The largest absolute Gasteiger partial charge is 0.294 e. The first-order valence-electron chi connectivity index (χ1n) is 2.24. The van der Waals surface area contributed by atoms with Crippen LogP contribution in [0.25, 0.3) is 0 Å². The summed E-state index contributed by atoms with van der Waals surface area (Å²) in [6, 6.07) is 0. The molecule has 0 aromatic carbocycles.